The first-order valence-electron chi connectivity index (χ1n) is 6.59. The smallest absolute Gasteiger partial charge is 0.255 e. The van der Waals surface area contributed by atoms with Gasteiger partial charge in [-0.05, 0) is 69.1 Å². The zero-order valence-electron chi connectivity index (χ0n) is 12.4. The number of benzene rings is 1. The predicted octanol–water partition coefficient (Wildman–Crippen LogP) is 3.01. The number of nitrogens with zero attached hydrogens (tertiary/aromatic N) is 2. The van der Waals surface area contributed by atoms with Crippen LogP contribution in [0.25, 0.3) is 0 Å². The summed E-state index contributed by atoms with van der Waals surface area (Å²) in [5.74, 6) is 0.130. The number of hydrogen-bond acceptors (Lipinski definition) is 2. The van der Waals surface area contributed by atoms with Gasteiger partial charge in [0, 0.05) is 22.7 Å². The molecule has 0 N–H and O–H groups in total. The van der Waals surface area contributed by atoms with Crippen LogP contribution in [0.5, 0.6) is 0 Å². The Morgan fingerprint density at radius 1 is 1.37 bits per heavy atom. The molecule has 0 fully saturated rings. The number of amides is 1. The molecule has 106 valence electrons. The summed E-state index contributed by atoms with van der Waals surface area (Å²) >= 11 is 2.26. The molecule has 1 atom stereocenters. The topological polar surface area (TPSA) is 23.6 Å². The SMILES string of the molecule is CCN(C(=O)c1cccc(C)c1I)C(C)CN(C)C. The molecule has 0 radical (unpaired) electrons. The van der Waals surface area contributed by atoms with Gasteiger partial charge in [0.1, 0.15) is 0 Å². The van der Waals surface area contributed by atoms with Crippen LogP contribution in [0.3, 0.4) is 0 Å². The maximum absolute atomic E-state index is 12.7. The molecule has 0 aliphatic heterocycles. The Bertz CT molecular complexity index is 446. The van der Waals surface area contributed by atoms with Crippen molar-refractivity contribution in [2.75, 3.05) is 27.2 Å². The highest BCUT2D eigenvalue weighted by Gasteiger charge is 2.22. The van der Waals surface area contributed by atoms with Crippen molar-refractivity contribution in [3.63, 3.8) is 0 Å². The Morgan fingerprint density at radius 3 is 2.53 bits per heavy atom. The molecule has 0 saturated heterocycles. The monoisotopic (exact) mass is 374 g/mol. The third kappa shape index (κ3) is 4.18. The van der Waals surface area contributed by atoms with Gasteiger partial charge in [-0.15, -0.1) is 0 Å². The number of rotatable bonds is 5. The molecule has 0 heterocycles. The lowest BCUT2D eigenvalue weighted by Gasteiger charge is -2.30. The van der Waals surface area contributed by atoms with Crippen LogP contribution < -0.4 is 0 Å². The van der Waals surface area contributed by atoms with E-state index < -0.39 is 0 Å². The lowest BCUT2D eigenvalue weighted by Crippen LogP contribution is -2.44. The van der Waals surface area contributed by atoms with E-state index in [1.807, 2.05) is 51.0 Å². The fraction of sp³-hybridized carbons (Fsp3) is 0.533. The number of aryl methyl sites for hydroxylation is 1. The summed E-state index contributed by atoms with van der Waals surface area (Å²) in [6.07, 6.45) is 0. The highest BCUT2D eigenvalue weighted by molar-refractivity contribution is 14.1. The van der Waals surface area contributed by atoms with E-state index >= 15 is 0 Å². The zero-order valence-corrected chi connectivity index (χ0v) is 14.6. The van der Waals surface area contributed by atoms with E-state index in [1.165, 1.54) is 0 Å². The van der Waals surface area contributed by atoms with Crippen molar-refractivity contribution in [3.05, 3.63) is 32.9 Å². The molecule has 1 aromatic carbocycles. The second kappa shape index (κ2) is 7.24. The van der Waals surface area contributed by atoms with Crippen LogP contribution in [0.4, 0.5) is 0 Å². The van der Waals surface area contributed by atoms with Crippen molar-refractivity contribution < 1.29 is 4.79 Å². The van der Waals surface area contributed by atoms with Crippen LogP contribution in [-0.4, -0.2) is 48.9 Å². The molecule has 4 heteroatoms. The highest BCUT2D eigenvalue weighted by atomic mass is 127. The van der Waals surface area contributed by atoms with Gasteiger partial charge in [0.25, 0.3) is 5.91 Å². The third-order valence-electron chi connectivity index (χ3n) is 3.19. The maximum Gasteiger partial charge on any atom is 0.255 e. The first-order chi connectivity index (χ1) is 8.88. The van der Waals surface area contributed by atoms with E-state index in [4.69, 9.17) is 0 Å². The summed E-state index contributed by atoms with van der Waals surface area (Å²) in [7, 11) is 4.07. The zero-order chi connectivity index (χ0) is 14.6. The van der Waals surface area contributed by atoms with Crippen molar-refractivity contribution >= 4 is 28.5 Å². The Hall–Kier alpha value is -0.620. The van der Waals surface area contributed by atoms with Crippen molar-refractivity contribution in [3.8, 4) is 0 Å². The van der Waals surface area contributed by atoms with Crippen LogP contribution in [0, 0.1) is 10.5 Å². The van der Waals surface area contributed by atoms with Gasteiger partial charge >= 0.3 is 0 Å². The minimum Gasteiger partial charge on any atom is -0.335 e. The summed E-state index contributed by atoms with van der Waals surface area (Å²) in [6.45, 7) is 7.79. The molecule has 0 aromatic heterocycles. The molecule has 19 heavy (non-hydrogen) atoms. The summed E-state index contributed by atoms with van der Waals surface area (Å²) < 4.78 is 1.06. The first kappa shape index (κ1) is 16.4. The molecule has 1 amide bonds. The van der Waals surface area contributed by atoms with Crippen molar-refractivity contribution in [2.45, 2.75) is 26.8 Å². The number of likely N-dealkylation sites (N-methyl/N-ethyl adjacent to an activating group) is 2. The molecule has 0 aliphatic carbocycles. The van der Waals surface area contributed by atoms with E-state index in [-0.39, 0.29) is 11.9 Å². The van der Waals surface area contributed by atoms with Gasteiger partial charge in [-0.25, -0.2) is 0 Å². The molecular formula is C15H23IN2O. The summed E-state index contributed by atoms with van der Waals surface area (Å²) in [5.41, 5.74) is 1.97. The van der Waals surface area contributed by atoms with Crippen LogP contribution in [0.2, 0.25) is 0 Å². The predicted molar refractivity (Wildman–Crippen MR) is 88.6 cm³/mol. The van der Waals surface area contributed by atoms with Crippen molar-refractivity contribution in [2.24, 2.45) is 0 Å². The summed E-state index contributed by atoms with van der Waals surface area (Å²) in [4.78, 5) is 16.7. The van der Waals surface area contributed by atoms with Crippen LogP contribution >= 0.6 is 22.6 Å². The molecule has 0 aliphatic rings. The molecule has 1 rings (SSSR count). The van der Waals surface area contributed by atoms with Crippen LogP contribution in [0.1, 0.15) is 29.8 Å². The van der Waals surface area contributed by atoms with Gasteiger partial charge in [-0.2, -0.15) is 0 Å². The molecule has 0 spiro atoms. The van der Waals surface area contributed by atoms with E-state index in [2.05, 4.69) is 34.4 Å². The molecule has 1 aromatic rings. The number of carbonyl (C=O) groups is 1. The average molecular weight is 374 g/mol. The second-order valence-corrected chi connectivity index (χ2v) is 6.22. The first-order valence-corrected chi connectivity index (χ1v) is 7.67. The van der Waals surface area contributed by atoms with Gasteiger partial charge in [0.05, 0.1) is 5.56 Å². The second-order valence-electron chi connectivity index (χ2n) is 5.14. The van der Waals surface area contributed by atoms with E-state index in [9.17, 15) is 4.79 Å². The lowest BCUT2D eigenvalue weighted by molar-refractivity contribution is 0.0678. The quantitative estimate of drug-likeness (QED) is 0.740. The Kier molecular flexibility index (Phi) is 6.26. The fourth-order valence-electron chi connectivity index (χ4n) is 2.25. The van der Waals surface area contributed by atoms with Crippen molar-refractivity contribution in [1.82, 2.24) is 9.80 Å². The Labute approximate surface area is 130 Å². The largest absolute Gasteiger partial charge is 0.335 e. The normalized spacial score (nSPS) is 12.6. The van der Waals surface area contributed by atoms with Crippen LogP contribution in [-0.2, 0) is 0 Å². The number of carbonyl (C=O) groups excluding carboxylic acids is 1. The number of hydrogen-bond donors (Lipinski definition) is 0. The molecule has 1 unspecified atom stereocenters. The molecular weight excluding hydrogens is 351 g/mol. The summed E-state index contributed by atoms with van der Waals surface area (Å²) in [5, 5.41) is 0. The third-order valence-corrected chi connectivity index (χ3v) is 4.62. The Balaban J connectivity index is 2.98. The molecule has 0 bridgehead atoms. The van der Waals surface area contributed by atoms with Gasteiger partial charge in [-0.3, -0.25) is 4.79 Å². The fourth-order valence-corrected chi connectivity index (χ4v) is 2.84. The van der Waals surface area contributed by atoms with Gasteiger partial charge in [0.2, 0.25) is 0 Å². The van der Waals surface area contributed by atoms with Crippen LogP contribution in [0.15, 0.2) is 18.2 Å². The van der Waals surface area contributed by atoms with Crippen molar-refractivity contribution in [1.29, 1.82) is 0 Å². The summed E-state index contributed by atoms with van der Waals surface area (Å²) in [6, 6.07) is 6.12. The van der Waals surface area contributed by atoms with E-state index in [0.29, 0.717) is 0 Å². The number of halogens is 1. The minimum absolute atomic E-state index is 0.130. The highest BCUT2D eigenvalue weighted by Crippen LogP contribution is 2.19. The van der Waals surface area contributed by atoms with E-state index in [0.717, 1.165) is 27.8 Å². The molecule has 0 saturated carbocycles. The molecule has 3 nitrogen and oxygen atoms in total. The maximum atomic E-state index is 12.7. The standard InChI is InChI=1S/C15H23IN2O/c1-6-18(12(3)10-17(4)5)15(19)13-9-7-8-11(2)14(13)16/h7-9,12H,6,10H2,1-5H3. The Morgan fingerprint density at radius 2 is 2.00 bits per heavy atom. The average Bonchev–Trinajstić information content (AvgIpc) is 2.32. The van der Waals surface area contributed by atoms with Gasteiger partial charge < -0.3 is 9.80 Å². The minimum atomic E-state index is 0.130. The van der Waals surface area contributed by atoms with Gasteiger partial charge in [-0.1, -0.05) is 12.1 Å². The lowest BCUT2D eigenvalue weighted by atomic mass is 10.1. The van der Waals surface area contributed by atoms with E-state index in [1.54, 1.807) is 0 Å². The van der Waals surface area contributed by atoms with Gasteiger partial charge in [0.15, 0.2) is 0 Å².